The molecule has 0 atom stereocenters. The Morgan fingerprint density at radius 3 is 2.74 bits per heavy atom. The van der Waals surface area contributed by atoms with Crippen LogP contribution in [0.4, 0.5) is 5.69 Å². The number of carbonyl (C=O) groups is 1. The summed E-state index contributed by atoms with van der Waals surface area (Å²) in [7, 11) is 1.61. The highest BCUT2D eigenvalue weighted by Gasteiger charge is 2.01. The molecule has 0 bridgehead atoms. The second-order valence-electron chi connectivity index (χ2n) is 4.26. The first-order chi connectivity index (χ1) is 9.29. The van der Waals surface area contributed by atoms with E-state index >= 15 is 0 Å². The number of ether oxygens (including phenoxy) is 1. The molecule has 0 radical (unpaired) electrons. The number of benzene rings is 2. The molecule has 0 aromatic heterocycles. The molecule has 2 rings (SSSR count). The van der Waals surface area contributed by atoms with Crippen molar-refractivity contribution in [1.29, 1.82) is 0 Å². The summed E-state index contributed by atoms with van der Waals surface area (Å²) in [5, 5.41) is 8.23. The summed E-state index contributed by atoms with van der Waals surface area (Å²) in [5.41, 5.74) is 0.945. The van der Waals surface area contributed by atoms with Gasteiger partial charge in [0.25, 0.3) is 0 Å². The first-order valence-corrected chi connectivity index (χ1v) is 6.28. The number of hydrogen-bond acceptors (Lipinski definition) is 3. The first-order valence-electron chi connectivity index (χ1n) is 6.28. The normalized spacial score (nSPS) is 10.4. The van der Waals surface area contributed by atoms with Crippen LogP contribution in [0.15, 0.2) is 42.5 Å². The monoisotopic (exact) mass is 258 g/mol. The van der Waals surface area contributed by atoms with Gasteiger partial charge >= 0.3 is 0 Å². The summed E-state index contributed by atoms with van der Waals surface area (Å²) in [6, 6.07) is 14.2. The Balaban J connectivity index is 1.89. The molecule has 2 aromatic rings. The predicted octanol–water partition coefficient (Wildman–Crippen LogP) is 2.01. The fourth-order valence-electron chi connectivity index (χ4n) is 1.84. The lowest BCUT2D eigenvalue weighted by molar-refractivity contribution is -0.119. The van der Waals surface area contributed by atoms with Gasteiger partial charge in [0, 0.05) is 19.3 Å². The lowest BCUT2D eigenvalue weighted by Gasteiger charge is -2.08. The smallest absolute Gasteiger partial charge is 0.239 e. The number of amides is 1. The Kier molecular flexibility index (Phi) is 4.75. The van der Waals surface area contributed by atoms with Crippen molar-refractivity contribution >= 4 is 22.4 Å². The highest BCUT2D eigenvalue weighted by atomic mass is 16.5. The number of anilines is 1. The van der Waals surface area contributed by atoms with Crippen LogP contribution in [0, 0.1) is 0 Å². The van der Waals surface area contributed by atoms with Crippen molar-refractivity contribution in [3.05, 3.63) is 42.5 Å². The molecule has 0 heterocycles. The number of carbonyl (C=O) groups excluding carboxylic acids is 1. The van der Waals surface area contributed by atoms with Gasteiger partial charge in [-0.2, -0.15) is 0 Å². The zero-order valence-electron chi connectivity index (χ0n) is 11.0. The van der Waals surface area contributed by atoms with Crippen molar-refractivity contribution < 1.29 is 9.53 Å². The van der Waals surface area contributed by atoms with Gasteiger partial charge in [-0.15, -0.1) is 0 Å². The Bertz CT molecular complexity index is 555. The van der Waals surface area contributed by atoms with Gasteiger partial charge in [-0.05, 0) is 22.9 Å². The van der Waals surface area contributed by atoms with E-state index in [1.807, 2.05) is 30.3 Å². The molecule has 0 fully saturated rings. The van der Waals surface area contributed by atoms with E-state index in [1.165, 1.54) is 5.39 Å². The summed E-state index contributed by atoms with van der Waals surface area (Å²) in [4.78, 5) is 11.5. The lowest BCUT2D eigenvalue weighted by atomic mass is 10.1. The van der Waals surface area contributed by atoms with Crippen LogP contribution in [0.25, 0.3) is 10.8 Å². The summed E-state index contributed by atoms with van der Waals surface area (Å²) >= 11 is 0. The minimum absolute atomic E-state index is 0.0368. The third-order valence-electron chi connectivity index (χ3n) is 2.83. The highest BCUT2D eigenvalue weighted by molar-refractivity contribution is 5.87. The molecule has 19 heavy (non-hydrogen) atoms. The molecule has 0 saturated heterocycles. The average molecular weight is 258 g/mol. The van der Waals surface area contributed by atoms with Crippen LogP contribution < -0.4 is 10.6 Å². The van der Waals surface area contributed by atoms with Crippen LogP contribution in [0.5, 0.6) is 0 Å². The van der Waals surface area contributed by atoms with Crippen LogP contribution in [-0.4, -0.2) is 32.7 Å². The van der Waals surface area contributed by atoms with E-state index in [4.69, 9.17) is 4.74 Å². The van der Waals surface area contributed by atoms with Gasteiger partial charge in [0.2, 0.25) is 5.91 Å². The summed E-state index contributed by atoms with van der Waals surface area (Å²) in [6.07, 6.45) is 0. The summed E-state index contributed by atoms with van der Waals surface area (Å²) in [5.74, 6) is -0.0368. The maximum Gasteiger partial charge on any atom is 0.239 e. The second-order valence-corrected chi connectivity index (χ2v) is 4.26. The molecule has 100 valence electrons. The quantitative estimate of drug-likeness (QED) is 0.779. The van der Waals surface area contributed by atoms with E-state index in [1.54, 1.807) is 7.11 Å². The second kappa shape index (κ2) is 6.75. The van der Waals surface area contributed by atoms with Gasteiger partial charge in [0.1, 0.15) is 0 Å². The van der Waals surface area contributed by atoms with E-state index in [2.05, 4.69) is 22.8 Å². The predicted molar refractivity (Wildman–Crippen MR) is 77.3 cm³/mol. The lowest BCUT2D eigenvalue weighted by Crippen LogP contribution is -2.32. The Morgan fingerprint density at radius 2 is 1.95 bits per heavy atom. The fourth-order valence-corrected chi connectivity index (χ4v) is 1.84. The molecule has 0 unspecified atom stereocenters. The van der Waals surface area contributed by atoms with Crippen LogP contribution in [0.1, 0.15) is 0 Å². The van der Waals surface area contributed by atoms with Crippen molar-refractivity contribution in [3.8, 4) is 0 Å². The molecule has 4 nitrogen and oxygen atoms in total. The molecule has 0 saturated carbocycles. The number of methoxy groups -OCH3 is 1. The van der Waals surface area contributed by atoms with Gasteiger partial charge in [0.15, 0.2) is 0 Å². The maximum atomic E-state index is 11.5. The standard InChI is InChI=1S/C15H18N2O2/c1-19-9-8-16-15(18)11-17-14-7-6-12-4-2-3-5-13(12)10-14/h2-7,10,17H,8-9,11H2,1H3,(H,16,18). The fraction of sp³-hybridized carbons (Fsp3) is 0.267. The first kappa shape index (κ1) is 13.4. The zero-order valence-corrected chi connectivity index (χ0v) is 11.0. The summed E-state index contributed by atoms with van der Waals surface area (Å²) in [6.45, 7) is 1.33. The Hall–Kier alpha value is -2.07. The molecule has 1 amide bonds. The van der Waals surface area contributed by atoms with Crippen molar-refractivity contribution in [1.82, 2.24) is 5.32 Å². The zero-order chi connectivity index (χ0) is 13.5. The van der Waals surface area contributed by atoms with Gasteiger partial charge in [-0.1, -0.05) is 30.3 Å². The van der Waals surface area contributed by atoms with E-state index in [-0.39, 0.29) is 12.5 Å². The highest BCUT2D eigenvalue weighted by Crippen LogP contribution is 2.18. The molecule has 4 heteroatoms. The Labute approximate surface area is 112 Å². The SMILES string of the molecule is COCCNC(=O)CNc1ccc2ccccc2c1. The van der Waals surface area contributed by atoms with Crippen molar-refractivity contribution in [2.24, 2.45) is 0 Å². The van der Waals surface area contributed by atoms with Gasteiger partial charge in [0.05, 0.1) is 13.2 Å². The number of nitrogens with one attached hydrogen (secondary N) is 2. The minimum atomic E-state index is -0.0368. The topological polar surface area (TPSA) is 50.4 Å². The third kappa shape index (κ3) is 3.96. The number of hydrogen-bond donors (Lipinski definition) is 2. The van der Waals surface area contributed by atoms with E-state index in [0.717, 1.165) is 11.1 Å². The van der Waals surface area contributed by atoms with Crippen LogP contribution in [0.2, 0.25) is 0 Å². The van der Waals surface area contributed by atoms with Crippen molar-refractivity contribution in [2.75, 3.05) is 32.1 Å². The van der Waals surface area contributed by atoms with Crippen LogP contribution >= 0.6 is 0 Å². The van der Waals surface area contributed by atoms with Gasteiger partial charge in [-0.3, -0.25) is 4.79 Å². The Morgan fingerprint density at radius 1 is 1.16 bits per heavy atom. The molecular formula is C15H18N2O2. The summed E-state index contributed by atoms with van der Waals surface area (Å²) < 4.78 is 4.87. The van der Waals surface area contributed by atoms with Gasteiger partial charge < -0.3 is 15.4 Å². The molecule has 0 aliphatic rings. The average Bonchev–Trinajstić information content (AvgIpc) is 2.45. The van der Waals surface area contributed by atoms with Crippen LogP contribution in [0.3, 0.4) is 0 Å². The van der Waals surface area contributed by atoms with Crippen molar-refractivity contribution in [3.63, 3.8) is 0 Å². The third-order valence-corrected chi connectivity index (χ3v) is 2.83. The minimum Gasteiger partial charge on any atom is -0.383 e. The largest absolute Gasteiger partial charge is 0.383 e. The van der Waals surface area contributed by atoms with Crippen molar-refractivity contribution in [2.45, 2.75) is 0 Å². The van der Waals surface area contributed by atoms with E-state index in [9.17, 15) is 4.79 Å². The van der Waals surface area contributed by atoms with E-state index < -0.39 is 0 Å². The molecule has 0 aliphatic carbocycles. The van der Waals surface area contributed by atoms with E-state index in [0.29, 0.717) is 13.2 Å². The number of rotatable bonds is 6. The molecule has 0 aliphatic heterocycles. The van der Waals surface area contributed by atoms with Crippen LogP contribution in [-0.2, 0) is 9.53 Å². The van der Waals surface area contributed by atoms with Gasteiger partial charge in [-0.25, -0.2) is 0 Å². The molecule has 0 spiro atoms. The molecular weight excluding hydrogens is 240 g/mol. The maximum absolute atomic E-state index is 11.5. The number of fused-ring (bicyclic) bond motifs is 1. The molecule has 2 aromatic carbocycles. The molecule has 2 N–H and O–H groups in total.